The van der Waals surface area contributed by atoms with Crippen LogP contribution in [-0.4, -0.2) is 0 Å². The second kappa shape index (κ2) is 6.23. The SMILES string of the molecule is CCC=CCC(C)C(C)(CC)CC. The Morgan fingerprint density at radius 2 is 1.62 bits per heavy atom. The molecule has 0 aliphatic heterocycles. The van der Waals surface area contributed by atoms with Gasteiger partial charge in [-0.25, -0.2) is 0 Å². The second-order valence-electron chi connectivity index (χ2n) is 4.38. The van der Waals surface area contributed by atoms with Gasteiger partial charge in [-0.3, -0.25) is 0 Å². The van der Waals surface area contributed by atoms with Gasteiger partial charge in [0.2, 0.25) is 0 Å². The molecule has 0 spiro atoms. The van der Waals surface area contributed by atoms with E-state index in [0.29, 0.717) is 5.41 Å². The average Bonchev–Trinajstić information content (AvgIpc) is 2.17. The summed E-state index contributed by atoms with van der Waals surface area (Å²) in [6, 6.07) is 0. The van der Waals surface area contributed by atoms with Gasteiger partial charge in [-0.2, -0.15) is 0 Å². The molecule has 0 aromatic rings. The van der Waals surface area contributed by atoms with E-state index in [1.54, 1.807) is 0 Å². The third kappa shape index (κ3) is 3.97. The molecule has 0 radical (unpaired) electrons. The van der Waals surface area contributed by atoms with Crippen molar-refractivity contribution in [1.82, 2.24) is 0 Å². The van der Waals surface area contributed by atoms with Crippen molar-refractivity contribution in [1.29, 1.82) is 0 Å². The van der Waals surface area contributed by atoms with Crippen LogP contribution in [0.4, 0.5) is 0 Å². The largest absolute Gasteiger partial charge is 0.0888 e. The molecule has 0 N–H and O–H groups in total. The summed E-state index contributed by atoms with van der Waals surface area (Å²) in [5.74, 6) is 0.810. The minimum absolute atomic E-state index is 0.540. The molecule has 0 amide bonds. The van der Waals surface area contributed by atoms with E-state index in [4.69, 9.17) is 0 Å². The van der Waals surface area contributed by atoms with Crippen molar-refractivity contribution in [2.24, 2.45) is 11.3 Å². The van der Waals surface area contributed by atoms with Crippen LogP contribution in [0.1, 0.15) is 60.3 Å². The lowest BCUT2D eigenvalue weighted by atomic mass is 9.72. The number of allylic oxidation sites excluding steroid dienone is 2. The maximum atomic E-state index is 2.41. The van der Waals surface area contributed by atoms with Gasteiger partial charge in [0.15, 0.2) is 0 Å². The molecule has 0 bridgehead atoms. The van der Waals surface area contributed by atoms with Crippen molar-refractivity contribution in [3.05, 3.63) is 12.2 Å². The quantitative estimate of drug-likeness (QED) is 0.517. The van der Waals surface area contributed by atoms with Crippen molar-refractivity contribution >= 4 is 0 Å². The van der Waals surface area contributed by atoms with E-state index in [1.165, 1.54) is 25.7 Å². The minimum atomic E-state index is 0.540. The van der Waals surface area contributed by atoms with Gasteiger partial charge in [0.05, 0.1) is 0 Å². The number of hydrogen-bond donors (Lipinski definition) is 0. The fraction of sp³-hybridized carbons (Fsp3) is 0.846. The van der Waals surface area contributed by atoms with Crippen LogP contribution in [0, 0.1) is 11.3 Å². The van der Waals surface area contributed by atoms with E-state index in [-0.39, 0.29) is 0 Å². The first-order valence-electron chi connectivity index (χ1n) is 5.75. The monoisotopic (exact) mass is 182 g/mol. The Morgan fingerprint density at radius 3 is 2.00 bits per heavy atom. The van der Waals surface area contributed by atoms with Crippen LogP contribution in [0.2, 0.25) is 0 Å². The van der Waals surface area contributed by atoms with Crippen LogP contribution >= 0.6 is 0 Å². The predicted molar refractivity (Wildman–Crippen MR) is 61.9 cm³/mol. The Kier molecular flexibility index (Phi) is 6.11. The molecule has 0 nitrogen and oxygen atoms in total. The molecule has 0 saturated heterocycles. The topological polar surface area (TPSA) is 0 Å². The summed E-state index contributed by atoms with van der Waals surface area (Å²) in [5.41, 5.74) is 0.540. The van der Waals surface area contributed by atoms with E-state index in [9.17, 15) is 0 Å². The number of rotatable bonds is 6. The Balaban J connectivity index is 4.06. The molecule has 0 heteroatoms. The Hall–Kier alpha value is -0.260. The first-order chi connectivity index (χ1) is 6.10. The first-order valence-corrected chi connectivity index (χ1v) is 5.75. The van der Waals surface area contributed by atoms with E-state index in [2.05, 4.69) is 46.8 Å². The van der Waals surface area contributed by atoms with Crippen molar-refractivity contribution in [3.63, 3.8) is 0 Å². The van der Waals surface area contributed by atoms with Crippen LogP contribution in [0.25, 0.3) is 0 Å². The van der Waals surface area contributed by atoms with Crippen LogP contribution in [0.15, 0.2) is 12.2 Å². The molecule has 1 unspecified atom stereocenters. The maximum Gasteiger partial charge on any atom is -0.0302 e. The van der Waals surface area contributed by atoms with Crippen LogP contribution < -0.4 is 0 Å². The van der Waals surface area contributed by atoms with Gasteiger partial charge in [0.25, 0.3) is 0 Å². The summed E-state index contributed by atoms with van der Waals surface area (Å²) in [5, 5.41) is 0. The standard InChI is InChI=1S/C13H26/c1-6-9-10-11-12(4)13(5,7-2)8-3/h9-10,12H,6-8,11H2,1-5H3. The average molecular weight is 182 g/mol. The zero-order valence-electron chi connectivity index (χ0n) is 10.1. The van der Waals surface area contributed by atoms with E-state index < -0.39 is 0 Å². The minimum Gasteiger partial charge on any atom is -0.0888 e. The van der Waals surface area contributed by atoms with Gasteiger partial charge in [0, 0.05) is 0 Å². The molecular formula is C13H26. The summed E-state index contributed by atoms with van der Waals surface area (Å²) in [4.78, 5) is 0. The highest BCUT2D eigenvalue weighted by Gasteiger charge is 2.25. The van der Waals surface area contributed by atoms with Crippen LogP contribution in [-0.2, 0) is 0 Å². The molecule has 0 aromatic heterocycles. The zero-order chi connectivity index (χ0) is 10.3. The van der Waals surface area contributed by atoms with Crippen molar-refractivity contribution < 1.29 is 0 Å². The molecule has 0 aliphatic rings. The van der Waals surface area contributed by atoms with E-state index >= 15 is 0 Å². The number of hydrogen-bond acceptors (Lipinski definition) is 0. The molecule has 0 saturated carbocycles. The molecule has 13 heavy (non-hydrogen) atoms. The van der Waals surface area contributed by atoms with Gasteiger partial charge < -0.3 is 0 Å². The highest BCUT2D eigenvalue weighted by atomic mass is 14.3. The molecule has 0 rings (SSSR count). The molecule has 0 fully saturated rings. The maximum absolute atomic E-state index is 2.41. The summed E-state index contributed by atoms with van der Waals surface area (Å²) >= 11 is 0. The van der Waals surface area contributed by atoms with Crippen molar-refractivity contribution in [2.45, 2.75) is 60.3 Å². The Bertz CT molecular complexity index is 140. The van der Waals surface area contributed by atoms with Crippen LogP contribution in [0.5, 0.6) is 0 Å². The first kappa shape index (κ1) is 12.7. The van der Waals surface area contributed by atoms with Crippen molar-refractivity contribution in [2.75, 3.05) is 0 Å². The summed E-state index contributed by atoms with van der Waals surface area (Å²) in [7, 11) is 0. The van der Waals surface area contributed by atoms with Gasteiger partial charge in [-0.05, 0) is 24.2 Å². The third-order valence-electron chi connectivity index (χ3n) is 3.70. The molecule has 0 aliphatic carbocycles. The molecular weight excluding hydrogens is 156 g/mol. The van der Waals surface area contributed by atoms with Gasteiger partial charge in [0.1, 0.15) is 0 Å². The Labute approximate surface area is 84.4 Å². The second-order valence-corrected chi connectivity index (χ2v) is 4.38. The summed E-state index contributed by atoms with van der Waals surface area (Å²) in [6.07, 6.45) is 9.62. The van der Waals surface area contributed by atoms with E-state index in [0.717, 1.165) is 5.92 Å². The smallest absolute Gasteiger partial charge is 0.0302 e. The molecule has 0 aromatic carbocycles. The molecule has 0 heterocycles. The Morgan fingerprint density at radius 1 is 1.08 bits per heavy atom. The van der Waals surface area contributed by atoms with Gasteiger partial charge >= 0.3 is 0 Å². The lowest BCUT2D eigenvalue weighted by Crippen LogP contribution is -2.23. The van der Waals surface area contributed by atoms with Crippen molar-refractivity contribution in [3.8, 4) is 0 Å². The third-order valence-corrected chi connectivity index (χ3v) is 3.70. The highest BCUT2D eigenvalue weighted by Crippen LogP contribution is 2.36. The summed E-state index contributed by atoms with van der Waals surface area (Å²) < 4.78 is 0. The highest BCUT2D eigenvalue weighted by molar-refractivity contribution is 4.87. The zero-order valence-corrected chi connectivity index (χ0v) is 10.1. The van der Waals surface area contributed by atoms with Gasteiger partial charge in [-0.15, -0.1) is 0 Å². The van der Waals surface area contributed by atoms with Gasteiger partial charge in [-0.1, -0.05) is 59.6 Å². The normalized spacial score (nSPS) is 15.2. The molecule has 1 atom stereocenters. The fourth-order valence-electron chi connectivity index (χ4n) is 1.70. The lowest BCUT2D eigenvalue weighted by Gasteiger charge is -2.33. The summed E-state index contributed by atoms with van der Waals surface area (Å²) in [6.45, 7) is 11.6. The van der Waals surface area contributed by atoms with E-state index in [1.807, 2.05) is 0 Å². The fourth-order valence-corrected chi connectivity index (χ4v) is 1.70. The molecule has 78 valence electrons. The predicted octanol–water partition coefficient (Wildman–Crippen LogP) is 4.81. The lowest BCUT2D eigenvalue weighted by molar-refractivity contribution is 0.185. The van der Waals surface area contributed by atoms with Crippen LogP contribution in [0.3, 0.4) is 0 Å².